The largest absolute Gasteiger partial charge is 0.507 e. The second-order valence-corrected chi connectivity index (χ2v) is 8.64. The maximum atomic E-state index is 13.2. The van der Waals surface area contributed by atoms with Crippen molar-refractivity contribution in [3.05, 3.63) is 59.2 Å². The normalized spacial score (nSPS) is 17.2. The minimum absolute atomic E-state index is 0.0414. The van der Waals surface area contributed by atoms with E-state index in [1.54, 1.807) is 49.6 Å². The minimum atomic E-state index is -0.766. The molecule has 1 fully saturated rings. The zero-order valence-electron chi connectivity index (χ0n) is 21.0. The standard InChI is InChI=1S/C27H34N2O6/c1-6-15-35-20-10-7-9-19(16-20)25(30)23-24(18-11-12-21(33-4)22(17-18)34-5)29(27(32)26(23)31)14-8-13-28(2)3/h7,9-12,16-17,24,30H,6,8,13-15H2,1-5H3/b25-23+. The van der Waals surface area contributed by atoms with Gasteiger partial charge in [0.2, 0.25) is 0 Å². The van der Waals surface area contributed by atoms with Crippen molar-refractivity contribution in [1.82, 2.24) is 9.80 Å². The van der Waals surface area contributed by atoms with Gasteiger partial charge in [-0.25, -0.2) is 0 Å². The van der Waals surface area contributed by atoms with Crippen LogP contribution in [0.25, 0.3) is 5.76 Å². The van der Waals surface area contributed by atoms with E-state index in [0.717, 1.165) is 13.0 Å². The summed E-state index contributed by atoms with van der Waals surface area (Å²) in [6.07, 6.45) is 1.51. The molecule has 0 radical (unpaired) electrons. The fraction of sp³-hybridized carbons (Fsp3) is 0.407. The SMILES string of the molecule is CCCOc1cccc(/C(O)=C2\C(=O)C(=O)N(CCCN(C)C)C2c2ccc(OC)c(OC)c2)c1. The molecule has 0 saturated carbocycles. The molecule has 1 aliphatic rings. The Morgan fingerprint density at radius 3 is 2.46 bits per heavy atom. The smallest absolute Gasteiger partial charge is 0.295 e. The molecule has 1 amide bonds. The number of methoxy groups -OCH3 is 2. The predicted molar refractivity (Wildman–Crippen MR) is 134 cm³/mol. The number of aliphatic hydroxyl groups is 1. The fourth-order valence-electron chi connectivity index (χ4n) is 4.15. The van der Waals surface area contributed by atoms with Crippen LogP contribution >= 0.6 is 0 Å². The van der Waals surface area contributed by atoms with E-state index < -0.39 is 17.7 Å². The first-order valence-corrected chi connectivity index (χ1v) is 11.7. The van der Waals surface area contributed by atoms with Gasteiger partial charge in [-0.3, -0.25) is 9.59 Å². The molecule has 1 atom stereocenters. The van der Waals surface area contributed by atoms with Gasteiger partial charge in [0.1, 0.15) is 11.5 Å². The number of hydrogen-bond donors (Lipinski definition) is 1. The van der Waals surface area contributed by atoms with Gasteiger partial charge in [0, 0.05) is 12.1 Å². The van der Waals surface area contributed by atoms with E-state index >= 15 is 0 Å². The summed E-state index contributed by atoms with van der Waals surface area (Å²) in [6.45, 7) is 3.65. The highest BCUT2D eigenvalue weighted by atomic mass is 16.5. The number of carbonyl (C=O) groups is 2. The van der Waals surface area contributed by atoms with Crippen LogP contribution in [0.1, 0.15) is 36.9 Å². The molecule has 188 valence electrons. The molecular weight excluding hydrogens is 448 g/mol. The summed E-state index contributed by atoms with van der Waals surface area (Å²) in [6, 6.07) is 11.4. The predicted octanol–water partition coefficient (Wildman–Crippen LogP) is 3.87. The lowest BCUT2D eigenvalue weighted by Gasteiger charge is -2.26. The van der Waals surface area contributed by atoms with Gasteiger partial charge in [-0.2, -0.15) is 0 Å². The molecule has 35 heavy (non-hydrogen) atoms. The molecule has 8 nitrogen and oxygen atoms in total. The number of amides is 1. The number of carbonyl (C=O) groups excluding carboxylic acids is 2. The van der Waals surface area contributed by atoms with Gasteiger partial charge >= 0.3 is 0 Å². The van der Waals surface area contributed by atoms with Crippen molar-refractivity contribution in [1.29, 1.82) is 0 Å². The average molecular weight is 483 g/mol. The highest BCUT2D eigenvalue weighted by molar-refractivity contribution is 6.46. The molecule has 0 spiro atoms. The van der Waals surface area contributed by atoms with Crippen molar-refractivity contribution in [3.63, 3.8) is 0 Å². The van der Waals surface area contributed by atoms with Crippen molar-refractivity contribution >= 4 is 17.4 Å². The average Bonchev–Trinajstić information content (AvgIpc) is 3.11. The molecule has 3 rings (SSSR count). The van der Waals surface area contributed by atoms with Crippen LogP contribution in [0.5, 0.6) is 17.2 Å². The minimum Gasteiger partial charge on any atom is -0.507 e. The number of Topliss-reactive ketones (excluding diaryl/α,β-unsaturated/α-hetero) is 1. The van der Waals surface area contributed by atoms with Crippen molar-refractivity contribution in [2.75, 3.05) is 48.0 Å². The van der Waals surface area contributed by atoms with Crippen molar-refractivity contribution in [2.45, 2.75) is 25.8 Å². The maximum Gasteiger partial charge on any atom is 0.295 e. The lowest BCUT2D eigenvalue weighted by atomic mass is 9.95. The van der Waals surface area contributed by atoms with Gasteiger partial charge in [0.25, 0.3) is 11.7 Å². The van der Waals surface area contributed by atoms with Gasteiger partial charge < -0.3 is 29.1 Å². The van der Waals surface area contributed by atoms with E-state index in [4.69, 9.17) is 14.2 Å². The number of nitrogens with zero attached hydrogens (tertiary/aromatic N) is 2. The van der Waals surface area contributed by atoms with Gasteiger partial charge in [-0.1, -0.05) is 25.1 Å². The monoisotopic (exact) mass is 482 g/mol. The van der Waals surface area contributed by atoms with Gasteiger partial charge in [-0.05, 0) is 63.3 Å². The Labute approximate surface area is 206 Å². The van der Waals surface area contributed by atoms with E-state index in [0.29, 0.717) is 47.9 Å². The Morgan fingerprint density at radius 2 is 1.80 bits per heavy atom. The summed E-state index contributed by atoms with van der Waals surface area (Å²) in [4.78, 5) is 29.9. The van der Waals surface area contributed by atoms with E-state index in [9.17, 15) is 14.7 Å². The summed E-state index contributed by atoms with van der Waals surface area (Å²) < 4.78 is 16.5. The summed E-state index contributed by atoms with van der Waals surface area (Å²) in [5, 5.41) is 11.3. The van der Waals surface area contributed by atoms with Crippen LogP contribution in [0.4, 0.5) is 0 Å². The number of rotatable bonds is 11. The number of ether oxygens (including phenoxy) is 3. The van der Waals surface area contributed by atoms with Crippen LogP contribution in [-0.4, -0.2) is 74.6 Å². The Bertz CT molecular complexity index is 1090. The number of ketones is 1. The molecule has 8 heteroatoms. The molecule has 2 aromatic carbocycles. The number of aliphatic hydroxyl groups excluding tert-OH is 1. The topological polar surface area (TPSA) is 88.5 Å². The summed E-state index contributed by atoms with van der Waals surface area (Å²) in [5.74, 6) is -0.00473. The Kier molecular flexibility index (Phi) is 8.76. The van der Waals surface area contributed by atoms with Crippen molar-refractivity contribution in [2.24, 2.45) is 0 Å². The fourth-order valence-corrected chi connectivity index (χ4v) is 4.15. The Balaban J connectivity index is 2.12. The lowest BCUT2D eigenvalue weighted by molar-refractivity contribution is -0.139. The third kappa shape index (κ3) is 5.77. The molecule has 1 N–H and O–H groups in total. The molecular formula is C27H34N2O6. The van der Waals surface area contributed by atoms with E-state index in [2.05, 4.69) is 0 Å². The zero-order chi connectivity index (χ0) is 25.5. The molecule has 1 saturated heterocycles. The first-order chi connectivity index (χ1) is 16.8. The molecule has 0 bridgehead atoms. The summed E-state index contributed by atoms with van der Waals surface area (Å²) >= 11 is 0. The number of likely N-dealkylation sites (tertiary alicyclic amines) is 1. The quantitative estimate of drug-likeness (QED) is 0.296. The van der Waals surface area contributed by atoms with E-state index in [1.807, 2.05) is 25.9 Å². The van der Waals surface area contributed by atoms with E-state index in [-0.39, 0.29) is 11.3 Å². The van der Waals surface area contributed by atoms with Crippen LogP contribution < -0.4 is 14.2 Å². The maximum absolute atomic E-state index is 13.2. The summed E-state index contributed by atoms with van der Waals surface area (Å²) in [5.41, 5.74) is 1.10. The highest BCUT2D eigenvalue weighted by Gasteiger charge is 2.46. The number of hydrogen-bond acceptors (Lipinski definition) is 7. The molecule has 1 heterocycles. The molecule has 0 aromatic heterocycles. The molecule has 2 aromatic rings. The van der Waals surface area contributed by atoms with Crippen LogP contribution in [-0.2, 0) is 9.59 Å². The van der Waals surface area contributed by atoms with Crippen molar-refractivity contribution in [3.8, 4) is 17.2 Å². The first kappa shape index (κ1) is 26.1. The Morgan fingerprint density at radius 1 is 1.06 bits per heavy atom. The lowest BCUT2D eigenvalue weighted by Crippen LogP contribution is -2.32. The Hall–Kier alpha value is -3.52. The second kappa shape index (κ2) is 11.8. The third-order valence-corrected chi connectivity index (χ3v) is 5.85. The van der Waals surface area contributed by atoms with Crippen LogP contribution in [0.15, 0.2) is 48.0 Å². The molecule has 1 aliphatic heterocycles. The second-order valence-electron chi connectivity index (χ2n) is 8.64. The van der Waals surface area contributed by atoms with Crippen LogP contribution in [0, 0.1) is 0 Å². The van der Waals surface area contributed by atoms with Crippen LogP contribution in [0.3, 0.4) is 0 Å². The van der Waals surface area contributed by atoms with Crippen molar-refractivity contribution < 1.29 is 28.9 Å². The van der Waals surface area contributed by atoms with Crippen LogP contribution in [0.2, 0.25) is 0 Å². The third-order valence-electron chi connectivity index (χ3n) is 5.85. The van der Waals surface area contributed by atoms with Gasteiger partial charge in [0.15, 0.2) is 11.5 Å². The molecule has 0 aliphatic carbocycles. The summed E-state index contributed by atoms with van der Waals surface area (Å²) in [7, 11) is 6.97. The first-order valence-electron chi connectivity index (χ1n) is 11.7. The molecule has 1 unspecified atom stereocenters. The zero-order valence-corrected chi connectivity index (χ0v) is 21.0. The van der Waals surface area contributed by atoms with Gasteiger partial charge in [-0.15, -0.1) is 0 Å². The van der Waals surface area contributed by atoms with E-state index in [1.165, 1.54) is 12.0 Å². The number of benzene rings is 2. The van der Waals surface area contributed by atoms with Gasteiger partial charge in [0.05, 0.1) is 32.4 Å². The highest BCUT2D eigenvalue weighted by Crippen LogP contribution is 2.42.